The van der Waals surface area contributed by atoms with Gasteiger partial charge in [0.15, 0.2) is 17.3 Å². The Kier molecular flexibility index (Phi) is 7.36. The van der Waals surface area contributed by atoms with Crippen LogP contribution in [-0.4, -0.2) is 35.5 Å². The number of imidazole rings is 1. The molecule has 1 N–H and O–H groups in total. The van der Waals surface area contributed by atoms with E-state index >= 15 is 0 Å². The minimum Gasteiger partial charge on any atom is -0.493 e. The average Bonchev–Trinajstić information content (AvgIpc) is 3.22. The predicted molar refractivity (Wildman–Crippen MR) is 135 cm³/mol. The maximum atomic E-state index is 13.0. The highest BCUT2D eigenvalue weighted by atomic mass is 35.5. The molecule has 0 saturated heterocycles. The summed E-state index contributed by atoms with van der Waals surface area (Å²) in [5, 5.41) is 3.58. The van der Waals surface area contributed by atoms with Crippen LogP contribution in [0, 0.1) is 0 Å². The third kappa shape index (κ3) is 5.46. The Labute approximate surface area is 208 Å². The first-order valence-corrected chi connectivity index (χ1v) is 11.5. The number of carbonyl (C=O) groups is 2. The second-order valence-electron chi connectivity index (χ2n) is 8.13. The molecule has 180 valence electrons. The molecule has 35 heavy (non-hydrogen) atoms. The largest absolute Gasteiger partial charge is 0.493 e. The maximum absolute atomic E-state index is 13.0. The molecule has 1 heterocycles. The third-order valence-corrected chi connectivity index (χ3v) is 5.98. The van der Waals surface area contributed by atoms with Gasteiger partial charge in [0.2, 0.25) is 5.91 Å². The van der Waals surface area contributed by atoms with Gasteiger partial charge in [-0.05, 0) is 61.0 Å². The van der Waals surface area contributed by atoms with Gasteiger partial charge in [-0.1, -0.05) is 29.8 Å². The Morgan fingerprint density at radius 2 is 1.71 bits per heavy atom. The highest BCUT2D eigenvalue weighted by Crippen LogP contribution is 2.28. The summed E-state index contributed by atoms with van der Waals surface area (Å²) in [6.07, 6.45) is 0.161. The first-order chi connectivity index (χ1) is 16.9. The molecular formula is C27H26ClN3O4. The van der Waals surface area contributed by atoms with Gasteiger partial charge in [-0.3, -0.25) is 9.59 Å². The lowest BCUT2D eigenvalue weighted by atomic mass is 10.1. The minimum absolute atomic E-state index is 0.0741. The number of para-hydroxylation sites is 2. The fraction of sp³-hybridized carbons (Fsp3) is 0.222. The van der Waals surface area contributed by atoms with E-state index in [9.17, 15) is 9.59 Å². The van der Waals surface area contributed by atoms with E-state index < -0.39 is 6.04 Å². The van der Waals surface area contributed by atoms with Crippen molar-refractivity contribution in [1.29, 1.82) is 0 Å². The molecule has 0 aliphatic heterocycles. The maximum Gasteiger partial charge on any atom is 0.224 e. The number of aromatic nitrogens is 2. The lowest BCUT2D eigenvalue weighted by Gasteiger charge is -2.16. The quantitative estimate of drug-likeness (QED) is 0.333. The van der Waals surface area contributed by atoms with Gasteiger partial charge in [0.1, 0.15) is 5.82 Å². The van der Waals surface area contributed by atoms with Crippen LogP contribution >= 0.6 is 11.6 Å². The second-order valence-corrected chi connectivity index (χ2v) is 8.57. The van der Waals surface area contributed by atoms with Crippen molar-refractivity contribution >= 4 is 34.3 Å². The Morgan fingerprint density at radius 1 is 1.00 bits per heavy atom. The molecule has 0 bridgehead atoms. The molecule has 0 fully saturated rings. The number of carbonyl (C=O) groups excluding carboxylic acids is 2. The molecule has 0 saturated carbocycles. The van der Waals surface area contributed by atoms with E-state index in [2.05, 4.69) is 5.32 Å². The van der Waals surface area contributed by atoms with Crippen LogP contribution < -0.4 is 14.8 Å². The number of hydrogen-bond acceptors (Lipinski definition) is 5. The van der Waals surface area contributed by atoms with E-state index in [-0.39, 0.29) is 24.7 Å². The number of rotatable bonds is 9. The van der Waals surface area contributed by atoms with E-state index in [1.54, 1.807) is 50.6 Å². The minimum atomic E-state index is -0.423. The molecule has 1 aromatic heterocycles. The molecule has 3 aromatic carbocycles. The molecule has 4 aromatic rings. The number of halogens is 1. The SMILES string of the molecule is COc1ccc(CC(=O)NC(C)c2nc3ccccc3n2CC(=O)c2ccc(Cl)cc2)cc1OC. The van der Waals surface area contributed by atoms with E-state index in [1.807, 2.05) is 41.8 Å². The van der Waals surface area contributed by atoms with Gasteiger partial charge in [0, 0.05) is 10.6 Å². The van der Waals surface area contributed by atoms with Crippen LogP contribution in [0.3, 0.4) is 0 Å². The number of methoxy groups -OCH3 is 2. The van der Waals surface area contributed by atoms with Crippen LogP contribution in [0.2, 0.25) is 5.02 Å². The van der Waals surface area contributed by atoms with Crippen LogP contribution in [0.25, 0.3) is 11.0 Å². The normalized spacial score (nSPS) is 11.8. The van der Waals surface area contributed by atoms with Crippen molar-refractivity contribution in [2.75, 3.05) is 14.2 Å². The van der Waals surface area contributed by atoms with Gasteiger partial charge in [0.25, 0.3) is 0 Å². The monoisotopic (exact) mass is 491 g/mol. The van der Waals surface area contributed by atoms with Crippen molar-refractivity contribution in [1.82, 2.24) is 14.9 Å². The molecule has 4 rings (SSSR count). The summed E-state index contributed by atoms with van der Waals surface area (Å²) in [6, 6.07) is 19.4. The van der Waals surface area contributed by atoms with Crippen LogP contribution in [0.15, 0.2) is 66.7 Å². The zero-order valence-corrected chi connectivity index (χ0v) is 20.5. The van der Waals surface area contributed by atoms with Crippen molar-refractivity contribution in [3.63, 3.8) is 0 Å². The number of ketones is 1. The lowest BCUT2D eigenvalue weighted by molar-refractivity contribution is -0.121. The van der Waals surface area contributed by atoms with Crippen molar-refractivity contribution in [3.05, 3.63) is 88.7 Å². The Morgan fingerprint density at radius 3 is 2.43 bits per heavy atom. The van der Waals surface area contributed by atoms with Gasteiger partial charge in [-0.2, -0.15) is 0 Å². The summed E-state index contributed by atoms with van der Waals surface area (Å²) < 4.78 is 12.4. The van der Waals surface area contributed by atoms with Gasteiger partial charge in [0.05, 0.1) is 44.3 Å². The van der Waals surface area contributed by atoms with Crippen molar-refractivity contribution in [2.45, 2.75) is 25.9 Å². The van der Waals surface area contributed by atoms with Crippen LogP contribution in [0.1, 0.15) is 34.7 Å². The van der Waals surface area contributed by atoms with Crippen LogP contribution in [-0.2, 0) is 17.8 Å². The number of Topliss-reactive ketones (excluding diaryl/α,β-unsaturated/α-hetero) is 1. The van der Waals surface area contributed by atoms with Crippen molar-refractivity contribution in [2.24, 2.45) is 0 Å². The fourth-order valence-corrected chi connectivity index (χ4v) is 4.12. The van der Waals surface area contributed by atoms with Gasteiger partial charge in [-0.15, -0.1) is 0 Å². The van der Waals surface area contributed by atoms with E-state index in [1.165, 1.54) is 0 Å². The molecule has 1 unspecified atom stereocenters. The van der Waals surface area contributed by atoms with Crippen molar-refractivity contribution in [3.8, 4) is 11.5 Å². The number of fused-ring (bicyclic) bond motifs is 1. The van der Waals surface area contributed by atoms with Gasteiger partial charge >= 0.3 is 0 Å². The van der Waals surface area contributed by atoms with E-state index in [4.69, 9.17) is 26.1 Å². The average molecular weight is 492 g/mol. The lowest BCUT2D eigenvalue weighted by Crippen LogP contribution is -2.30. The fourth-order valence-electron chi connectivity index (χ4n) is 3.99. The summed E-state index contributed by atoms with van der Waals surface area (Å²) >= 11 is 5.96. The molecular weight excluding hydrogens is 466 g/mol. The molecule has 0 aliphatic carbocycles. The van der Waals surface area contributed by atoms with Crippen LogP contribution in [0.5, 0.6) is 11.5 Å². The first kappa shape index (κ1) is 24.3. The Bertz CT molecular complexity index is 1360. The molecule has 8 heteroatoms. The molecule has 1 amide bonds. The molecule has 0 aliphatic rings. The number of nitrogens with one attached hydrogen (secondary N) is 1. The topological polar surface area (TPSA) is 82.5 Å². The Balaban J connectivity index is 1.55. The number of amides is 1. The highest BCUT2D eigenvalue weighted by molar-refractivity contribution is 6.30. The smallest absolute Gasteiger partial charge is 0.224 e. The standard InChI is InChI=1S/C27H26ClN3O4/c1-17(29-26(33)15-18-8-13-24(34-2)25(14-18)35-3)27-30-21-6-4-5-7-22(21)31(27)16-23(32)19-9-11-20(28)12-10-19/h4-14,17H,15-16H2,1-3H3,(H,29,33). The zero-order chi connectivity index (χ0) is 24.9. The summed E-state index contributed by atoms with van der Waals surface area (Å²) in [5.41, 5.74) is 2.93. The van der Waals surface area contributed by atoms with Crippen molar-refractivity contribution < 1.29 is 19.1 Å². The second kappa shape index (κ2) is 10.6. The highest BCUT2D eigenvalue weighted by Gasteiger charge is 2.21. The molecule has 1 atom stereocenters. The zero-order valence-electron chi connectivity index (χ0n) is 19.7. The van der Waals surface area contributed by atoms with E-state index in [0.717, 1.165) is 16.6 Å². The summed E-state index contributed by atoms with van der Waals surface area (Å²) in [5.74, 6) is 1.52. The number of benzene rings is 3. The number of hydrogen-bond donors (Lipinski definition) is 1. The molecule has 0 radical (unpaired) electrons. The third-order valence-electron chi connectivity index (χ3n) is 5.73. The molecule has 7 nitrogen and oxygen atoms in total. The first-order valence-electron chi connectivity index (χ1n) is 11.1. The van der Waals surface area contributed by atoms with Gasteiger partial charge in [-0.25, -0.2) is 4.98 Å². The number of nitrogens with zero attached hydrogens (tertiary/aromatic N) is 2. The molecule has 0 spiro atoms. The summed E-state index contributed by atoms with van der Waals surface area (Å²) in [6.45, 7) is 1.95. The number of ether oxygens (including phenoxy) is 2. The summed E-state index contributed by atoms with van der Waals surface area (Å²) in [4.78, 5) is 30.6. The van der Waals surface area contributed by atoms with Crippen LogP contribution in [0.4, 0.5) is 0 Å². The Hall–Kier alpha value is -3.84. The van der Waals surface area contributed by atoms with E-state index in [0.29, 0.717) is 27.9 Å². The summed E-state index contributed by atoms with van der Waals surface area (Å²) in [7, 11) is 3.12. The predicted octanol–water partition coefficient (Wildman–Crippen LogP) is 5.01. The van der Waals surface area contributed by atoms with Gasteiger partial charge < -0.3 is 19.4 Å².